The number of amides is 1. The lowest BCUT2D eigenvalue weighted by Gasteiger charge is -2.06. The highest BCUT2D eigenvalue weighted by atomic mass is 79.9. The lowest BCUT2D eigenvalue weighted by Crippen LogP contribution is -2.18. The molecule has 0 fully saturated rings. The van der Waals surface area contributed by atoms with E-state index in [1.807, 2.05) is 48.7 Å². The highest BCUT2D eigenvalue weighted by molar-refractivity contribution is 9.10. The number of nitrogens with zero attached hydrogens (tertiary/aromatic N) is 3. The number of methoxy groups -OCH3 is 1. The van der Waals surface area contributed by atoms with Crippen molar-refractivity contribution in [3.8, 4) is 5.75 Å². The Labute approximate surface area is 159 Å². The highest BCUT2D eigenvalue weighted by Crippen LogP contribution is 2.21. The summed E-state index contributed by atoms with van der Waals surface area (Å²) in [5.74, 6) is 0.393. The van der Waals surface area contributed by atoms with Crippen molar-refractivity contribution < 1.29 is 9.53 Å². The molecule has 0 atom stereocenters. The zero-order valence-corrected chi connectivity index (χ0v) is 15.7. The molecule has 7 heteroatoms. The maximum atomic E-state index is 12.3. The lowest BCUT2D eigenvalue weighted by atomic mass is 10.1. The predicted octanol–water partition coefficient (Wildman–Crippen LogP) is 3.47. The molecule has 0 aliphatic rings. The third kappa shape index (κ3) is 4.58. The van der Waals surface area contributed by atoms with E-state index >= 15 is 0 Å². The summed E-state index contributed by atoms with van der Waals surface area (Å²) in [5, 5.41) is 8.20. The minimum Gasteiger partial charge on any atom is -0.496 e. The molecule has 3 rings (SSSR count). The molecule has 0 saturated carbocycles. The van der Waals surface area contributed by atoms with Crippen LogP contribution < -0.4 is 10.2 Å². The Kier molecular flexibility index (Phi) is 5.80. The molecule has 3 aromatic rings. The maximum Gasteiger partial charge on any atom is 0.271 e. The number of hydrazone groups is 1. The van der Waals surface area contributed by atoms with E-state index in [4.69, 9.17) is 4.74 Å². The molecule has 0 saturated heterocycles. The van der Waals surface area contributed by atoms with Gasteiger partial charge in [0, 0.05) is 28.0 Å². The normalized spacial score (nSPS) is 10.8. The van der Waals surface area contributed by atoms with Crippen molar-refractivity contribution in [3.05, 3.63) is 82.1 Å². The van der Waals surface area contributed by atoms with Gasteiger partial charge in [-0.2, -0.15) is 10.2 Å². The van der Waals surface area contributed by atoms with Gasteiger partial charge in [0.05, 0.1) is 19.9 Å². The minimum atomic E-state index is -0.280. The molecule has 0 radical (unpaired) electrons. The highest BCUT2D eigenvalue weighted by Gasteiger charge is 2.06. The first kappa shape index (κ1) is 17.9. The second-order valence-corrected chi connectivity index (χ2v) is 6.41. The number of ether oxygens (including phenoxy) is 1. The smallest absolute Gasteiger partial charge is 0.271 e. The lowest BCUT2D eigenvalue weighted by molar-refractivity contribution is 0.0955. The molecule has 2 aromatic carbocycles. The molecular formula is C19H17BrN4O2. The van der Waals surface area contributed by atoms with Gasteiger partial charge in [0.2, 0.25) is 0 Å². The number of aromatic nitrogens is 2. The first-order valence-electron chi connectivity index (χ1n) is 7.89. The monoisotopic (exact) mass is 412 g/mol. The Bertz CT molecular complexity index is 923. The van der Waals surface area contributed by atoms with Crippen LogP contribution in [0.15, 0.2) is 70.5 Å². The summed E-state index contributed by atoms with van der Waals surface area (Å²) in [5.41, 5.74) is 4.82. The Morgan fingerprint density at radius 1 is 1.31 bits per heavy atom. The van der Waals surface area contributed by atoms with Crippen LogP contribution >= 0.6 is 15.9 Å². The van der Waals surface area contributed by atoms with Crippen LogP contribution in [0.4, 0.5) is 0 Å². The van der Waals surface area contributed by atoms with E-state index < -0.39 is 0 Å². The summed E-state index contributed by atoms with van der Waals surface area (Å²) >= 11 is 3.40. The van der Waals surface area contributed by atoms with Crippen molar-refractivity contribution in [2.75, 3.05) is 7.11 Å². The molecule has 26 heavy (non-hydrogen) atoms. The van der Waals surface area contributed by atoms with Gasteiger partial charge in [-0.05, 0) is 42.0 Å². The van der Waals surface area contributed by atoms with Crippen molar-refractivity contribution in [2.45, 2.75) is 6.54 Å². The van der Waals surface area contributed by atoms with E-state index in [1.54, 1.807) is 30.3 Å². The van der Waals surface area contributed by atoms with Gasteiger partial charge < -0.3 is 4.74 Å². The Morgan fingerprint density at radius 3 is 2.96 bits per heavy atom. The van der Waals surface area contributed by atoms with Gasteiger partial charge in [-0.15, -0.1) is 0 Å². The van der Waals surface area contributed by atoms with Crippen LogP contribution in [-0.2, 0) is 6.54 Å². The number of halogens is 1. The van der Waals surface area contributed by atoms with Crippen LogP contribution in [0.5, 0.6) is 5.75 Å². The molecule has 0 unspecified atom stereocenters. The second-order valence-electron chi connectivity index (χ2n) is 5.49. The maximum absolute atomic E-state index is 12.3. The molecule has 0 spiro atoms. The van der Waals surface area contributed by atoms with E-state index in [2.05, 4.69) is 31.6 Å². The number of hydrogen-bond acceptors (Lipinski definition) is 4. The van der Waals surface area contributed by atoms with E-state index in [0.29, 0.717) is 17.9 Å². The molecule has 1 heterocycles. The summed E-state index contributed by atoms with van der Waals surface area (Å²) < 4.78 is 7.98. The molecule has 1 aromatic heterocycles. The van der Waals surface area contributed by atoms with Gasteiger partial charge in [0.1, 0.15) is 5.75 Å². The number of rotatable bonds is 6. The fourth-order valence-corrected chi connectivity index (χ4v) is 2.80. The van der Waals surface area contributed by atoms with E-state index in [9.17, 15) is 4.79 Å². The molecule has 0 aliphatic carbocycles. The summed E-state index contributed by atoms with van der Waals surface area (Å²) in [4.78, 5) is 12.3. The van der Waals surface area contributed by atoms with Crippen LogP contribution in [0, 0.1) is 0 Å². The van der Waals surface area contributed by atoms with Crippen molar-refractivity contribution in [1.29, 1.82) is 0 Å². The van der Waals surface area contributed by atoms with Crippen molar-refractivity contribution >= 4 is 28.1 Å². The first-order valence-corrected chi connectivity index (χ1v) is 8.68. The quantitative estimate of drug-likeness (QED) is 0.497. The average molecular weight is 413 g/mol. The summed E-state index contributed by atoms with van der Waals surface area (Å²) in [6.45, 7) is 0.604. The topological polar surface area (TPSA) is 68.5 Å². The van der Waals surface area contributed by atoms with Crippen molar-refractivity contribution in [2.24, 2.45) is 5.10 Å². The van der Waals surface area contributed by atoms with Gasteiger partial charge in [-0.1, -0.05) is 28.1 Å². The molecule has 6 nitrogen and oxygen atoms in total. The summed E-state index contributed by atoms with van der Waals surface area (Å²) in [7, 11) is 1.59. The largest absolute Gasteiger partial charge is 0.496 e. The number of hydrogen-bond donors (Lipinski definition) is 1. The van der Waals surface area contributed by atoms with Gasteiger partial charge in [-0.3, -0.25) is 9.48 Å². The second kappa shape index (κ2) is 8.44. The number of nitrogens with one attached hydrogen (secondary N) is 1. The summed E-state index contributed by atoms with van der Waals surface area (Å²) in [6.07, 6.45) is 5.15. The SMILES string of the molecule is COc1ccc(Br)cc1/C=N\NC(=O)c1cccc(Cn2cccn2)c1. The van der Waals surface area contributed by atoms with Crippen LogP contribution in [0.25, 0.3) is 0 Å². The molecule has 0 aliphatic heterocycles. The van der Waals surface area contributed by atoms with E-state index in [1.165, 1.54) is 0 Å². The van der Waals surface area contributed by atoms with Gasteiger partial charge in [0.15, 0.2) is 0 Å². The zero-order valence-electron chi connectivity index (χ0n) is 14.1. The fraction of sp³-hybridized carbons (Fsp3) is 0.105. The van der Waals surface area contributed by atoms with Gasteiger partial charge in [-0.25, -0.2) is 5.43 Å². The first-order chi connectivity index (χ1) is 12.7. The molecule has 132 valence electrons. The standard InChI is InChI=1S/C19H17BrN4O2/c1-26-18-7-6-17(20)11-16(18)12-21-23-19(25)15-5-2-4-14(10-15)13-24-9-3-8-22-24/h2-12H,13H2,1H3,(H,23,25)/b21-12-. The van der Waals surface area contributed by atoms with Crippen LogP contribution in [0.2, 0.25) is 0 Å². The van der Waals surface area contributed by atoms with Crippen LogP contribution in [-0.4, -0.2) is 29.0 Å². The average Bonchev–Trinajstić information content (AvgIpc) is 3.15. The van der Waals surface area contributed by atoms with Crippen LogP contribution in [0.1, 0.15) is 21.5 Å². The van der Waals surface area contributed by atoms with Crippen molar-refractivity contribution in [3.63, 3.8) is 0 Å². The third-order valence-corrected chi connectivity index (χ3v) is 4.15. The van der Waals surface area contributed by atoms with Gasteiger partial charge in [0.25, 0.3) is 5.91 Å². The van der Waals surface area contributed by atoms with Crippen molar-refractivity contribution in [1.82, 2.24) is 15.2 Å². The number of carbonyl (C=O) groups is 1. The Morgan fingerprint density at radius 2 is 2.19 bits per heavy atom. The van der Waals surface area contributed by atoms with Gasteiger partial charge >= 0.3 is 0 Å². The third-order valence-electron chi connectivity index (χ3n) is 3.65. The predicted molar refractivity (Wildman–Crippen MR) is 104 cm³/mol. The van der Waals surface area contributed by atoms with E-state index in [0.717, 1.165) is 15.6 Å². The number of carbonyl (C=O) groups excluding carboxylic acids is 1. The molecule has 1 N–H and O–H groups in total. The van der Waals surface area contributed by atoms with E-state index in [-0.39, 0.29) is 5.91 Å². The fourth-order valence-electron chi connectivity index (χ4n) is 2.42. The zero-order chi connectivity index (χ0) is 18.4. The summed E-state index contributed by atoms with van der Waals surface area (Å²) in [6, 6.07) is 14.8. The number of benzene rings is 2. The Hall–Kier alpha value is -2.93. The Balaban J connectivity index is 1.68. The van der Waals surface area contributed by atoms with Crippen LogP contribution in [0.3, 0.4) is 0 Å². The molecule has 1 amide bonds. The minimum absolute atomic E-state index is 0.280. The molecule has 0 bridgehead atoms. The molecular weight excluding hydrogens is 396 g/mol.